The Morgan fingerprint density at radius 3 is 2.89 bits per heavy atom. The smallest absolute Gasteiger partial charge is 0.0951 e. The second kappa shape index (κ2) is 4.35. The maximum absolute atomic E-state index is 5.48. The molecule has 2 unspecified atom stereocenters. The van der Waals surface area contributed by atoms with Crippen LogP contribution >= 0.6 is 0 Å². The Labute approximate surface area is 109 Å². The van der Waals surface area contributed by atoms with Crippen LogP contribution in [-0.4, -0.2) is 28.8 Å². The van der Waals surface area contributed by atoms with E-state index in [-0.39, 0.29) is 5.41 Å². The molecular formula is C14H23N3O. The average molecular weight is 249 g/mol. The van der Waals surface area contributed by atoms with Crippen LogP contribution in [0.4, 0.5) is 0 Å². The Kier molecular flexibility index (Phi) is 2.94. The fourth-order valence-electron chi connectivity index (χ4n) is 3.01. The summed E-state index contributed by atoms with van der Waals surface area (Å²) < 4.78 is 7.81. The lowest BCUT2D eigenvalue weighted by Crippen LogP contribution is -2.60. The zero-order valence-corrected chi connectivity index (χ0v) is 11.5. The van der Waals surface area contributed by atoms with Gasteiger partial charge in [0.25, 0.3) is 0 Å². The average Bonchev–Trinajstić information content (AvgIpc) is 3.08. The number of ether oxygens (including phenoxy) is 1. The van der Waals surface area contributed by atoms with E-state index in [0.717, 1.165) is 13.0 Å². The molecule has 1 heterocycles. The molecule has 100 valence electrons. The number of aromatic nitrogens is 2. The van der Waals surface area contributed by atoms with Crippen molar-refractivity contribution in [2.75, 3.05) is 7.11 Å². The van der Waals surface area contributed by atoms with E-state index in [1.807, 2.05) is 19.6 Å². The Morgan fingerprint density at radius 2 is 2.28 bits per heavy atom. The topological polar surface area (TPSA) is 39.1 Å². The van der Waals surface area contributed by atoms with E-state index >= 15 is 0 Å². The largest absolute Gasteiger partial charge is 0.381 e. The fraction of sp³-hybridized carbons (Fsp3) is 0.786. The third-order valence-electron chi connectivity index (χ3n) is 4.68. The highest BCUT2D eigenvalue weighted by molar-refractivity contribution is 5.07. The first-order chi connectivity index (χ1) is 8.63. The van der Waals surface area contributed by atoms with Gasteiger partial charge in [-0.15, -0.1) is 0 Å². The molecule has 2 fully saturated rings. The van der Waals surface area contributed by atoms with E-state index < -0.39 is 0 Å². The number of nitrogens with one attached hydrogen (secondary N) is 1. The number of hydrogen-bond acceptors (Lipinski definition) is 3. The molecule has 0 radical (unpaired) electrons. The normalized spacial score (nSPS) is 30.2. The third-order valence-corrected chi connectivity index (χ3v) is 4.68. The molecule has 2 aliphatic rings. The van der Waals surface area contributed by atoms with Crippen LogP contribution in [-0.2, 0) is 11.3 Å². The van der Waals surface area contributed by atoms with Crippen LogP contribution in [0.15, 0.2) is 12.5 Å². The molecule has 0 spiro atoms. The summed E-state index contributed by atoms with van der Waals surface area (Å²) in [4.78, 5) is 4.27. The fourth-order valence-corrected chi connectivity index (χ4v) is 3.01. The zero-order valence-electron chi connectivity index (χ0n) is 11.5. The van der Waals surface area contributed by atoms with Crippen molar-refractivity contribution < 1.29 is 4.74 Å². The second-order valence-electron chi connectivity index (χ2n) is 6.24. The Bertz CT molecular complexity index is 422. The van der Waals surface area contributed by atoms with E-state index in [4.69, 9.17) is 4.74 Å². The first kappa shape index (κ1) is 12.2. The molecule has 0 bridgehead atoms. The molecule has 18 heavy (non-hydrogen) atoms. The van der Waals surface area contributed by atoms with Crippen molar-refractivity contribution >= 4 is 0 Å². The molecule has 1 aromatic heterocycles. The monoisotopic (exact) mass is 249 g/mol. The summed E-state index contributed by atoms with van der Waals surface area (Å²) in [5.74, 6) is 0. The summed E-state index contributed by atoms with van der Waals surface area (Å²) in [6.45, 7) is 5.47. The van der Waals surface area contributed by atoms with Crippen LogP contribution < -0.4 is 5.32 Å². The number of methoxy groups -OCH3 is 1. The SMILES string of the molecule is COC1CC(NCc2cncn2C2CC2)C1(C)C. The van der Waals surface area contributed by atoms with Crippen LogP contribution in [0.2, 0.25) is 0 Å². The minimum absolute atomic E-state index is 0.235. The highest BCUT2D eigenvalue weighted by Crippen LogP contribution is 2.42. The summed E-state index contributed by atoms with van der Waals surface area (Å²) in [6, 6.07) is 1.26. The molecule has 1 aromatic rings. The summed E-state index contributed by atoms with van der Waals surface area (Å²) in [6.07, 6.45) is 8.08. The molecule has 0 amide bonds. The van der Waals surface area contributed by atoms with Gasteiger partial charge in [-0.2, -0.15) is 0 Å². The minimum atomic E-state index is 0.235. The number of rotatable bonds is 5. The molecule has 0 saturated heterocycles. The third kappa shape index (κ3) is 1.97. The van der Waals surface area contributed by atoms with Gasteiger partial charge in [0.05, 0.1) is 18.1 Å². The highest BCUT2D eigenvalue weighted by atomic mass is 16.5. The van der Waals surface area contributed by atoms with Gasteiger partial charge in [0, 0.05) is 37.4 Å². The number of hydrogen-bond donors (Lipinski definition) is 1. The van der Waals surface area contributed by atoms with Gasteiger partial charge >= 0.3 is 0 Å². The summed E-state index contributed by atoms with van der Waals surface area (Å²) in [7, 11) is 1.81. The molecular weight excluding hydrogens is 226 g/mol. The molecule has 2 saturated carbocycles. The van der Waals surface area contributed by atoms with Crippen LogP contribution in [0, 0.1) is 5.41 Å². The van der Waals surface area contributed by atoms with Crippen molar-refractivity contribution in [1.29, 1.82) is 0 Å². The van der Waals surface area contributed by atoms with Gasteiger partial charge in [0.2, 0.25) is 0 Å². The molecule has 3 rings (SSSR count). The molecule has 4 nitrogen and oxygen atoms in total. The first-order valence-electron chi connectivity index (χ1n) is 6.90. The predicted molar refractivity (Wildman–Crippen MR) is 70.3 cm³/mol. The van der Waals surface area contributed by atoms with Gasteiger partial charge in [0.1, 0.15) is 0 Å². The van der Waals surface area contributed by atoms with E-state index in [9.17, 15) is 0 Å². The maximum atomic E-state index is 5.48. The Hall–Kier alpha value is -0.870. The number of imidazole rings is 1. The van der Waals surface area contributed by atoms with Crippen LogP contribution in [0.25, 0.3) is 0 Å². The molecule has 0 aromatic carbocycles. The van der Waals surface area contributed by atoms with Gasteiger partial charge < -0.3 is 14.6 Å². The van der Waals surface area contributed by atoms with E-state index in [1.54, 1.807) is 0 Å². The first-order valence-corrected chi connectivity index (χ1v) is 6.90. The van der Waals surface area contributed by atoms with Gasteiger partial charge in [-0.25, -0.2) is 4.98 Å². The molecule has 2 aliphatic carbocycles. The van der Waals surface area contributed by atoms with Crippen molar-refractivity contribution in [1.82, 2.24) is 14.9 Å². The second-order valence-corrected chi connectivity index (χ2v) is 6.24. The summed E-state index contributed by atoms with van der Waals surface area (Å²) >= 11 is 0. The summed E-state index contributed by atoms with van der Waals surface area (Å²) in [5, 5.41) is 3.66. The lowest BCUT2D eigenvalue weighted by atomic mass is 9.64. The van der Waals surface area contributed by atoms with Crippen molar-refractivity contribution in [3.63, 3.8) is 0 Å². The summed E-state index contributed by atoms with van der Waals surface area (Å²) in [5.41, 5.74) is 1.55. The van der Waals surface area contributed by atoms with Crippen LogP contribution in [0.1, 0.15) is 44.8 Å². The Morgan fingerprint density at radius 1 is 1.50 bits per heavy atom. The lowest BCUT2D eigenvalue weighted by Gasteiger charge is -2.51. The molecule has 2 atom stereocenters. The van der Waals surface area contributed by atoms with E-state index in [2.05, 4.69) is 28.7 Å². The van der Waals surface area contributed by atoms with Crippen molar-refractivity contribution in [3.05, 3.63) is 18.2 Å². The maximum Gasteiger partial charge on any atom is 0.0951 e. The van der Waals surface area contributed by atoms with Gasteiger partial charge in [-0.3, -0.25) is 0 Å². The van der Waals surface area contributed by atoms with Crippen molar-refractivity contribution in [2.24, 2.45) is 5.41 Å². The van der Waals surface area contributed by atoms with Crippen molar-refractivity contribution in [2.45, 2.75) is 57.8 Å². The highest BCUT2D eigenvalue weighted by Gasteiger charge is 2.48. The lowest BCUT2D eigenvalue weighted by molar-refractivity contribution is -0.0980. The molecule has 0 aliphatic heterocycles. The van der Waals surface area contributed by atoms with Gasteiger partial charge in [-0.1, -0.05) is 13.8 Å². The quantitative estimate of drug-likeness (QED) is 0.869. The number of nitrogens with zero attached hydrogens (tertiary/aromatic N) is 2. The molecule has 4 heteroatoms. The van der Waals surface area contributed by atoms with Crippen LogP contribution in [0.3, 0.4) is 0 Å². The minimum Gasteiger partial charge on any atom is -0.381 e. The van der Waals surface area contributed by atoms with E-state index in [1.165, 1.54) is 18.5 Å². The van der Waals surface area contributed by atoms with Crippen LogP contribution in [0.5, 0.6) is 0 Å². The van der Waals surface area contributed by atoms with Gasteiger partial charge in [0.15, 0.2) is 0 Å². The van der Waals surface area contributed by atoms with Gasteiger partial charge in [-0.05, 0) is 19.3 Å². The zero-order chi connectivity index (χ0) is 12.8. The van der Waals surface area contributed by atoms with E-state index in [0.29, 0.717) is 18.2 Å². The Balaban J connectivity index is 1.57. The predicted octanol–water partition coefficient (Wildman–Crippen LogP) is 2.12. The standard InChI is InChI=1S/C14H23N3O/c1-14(2)12(6-13(14)18-3)16-8-11-7-15-9-17(11)10-4-5-10/h7,9-10,12-13,16H,4-6,8H2,1-3H3. The molecule has 1 N–H and O–H groups in total. The van der Waals surface area contributed by atoms with Crippen molar-refractivity contribution in [3.8, 4) is 0 Å².